The zero-order chi connectivity index (χ0) is 12.5. The molecule has 1 aromatic carbocycles. The molecular weight excluding hydrogens is 540 g/mol. The summed E-state index contributed by atoms with van der Waals surface area (Å²) in [6, 6.07) is 0. The molecular formula is C9H7Br5O2. The van der Waals surface area contributed by atoms with Crippen molar-refractivity contribution in [3.63, 3.8) is 0 Å². The summed E-state index contributed by atoms with van der Waals surface area (Å²) in [5, 5.41) is 9.20. The molecule has 0 fully saturated rings. The van der Waals surface area contributed by atoms with E-state index in [-0.39, 0.29) is 6.61 Å². The normalized spacial score (nSPS) is 12.7. The molecule has 0 aliphatic rings. The summed E-state index contributed by atoms with van der Waals surface area (Å²) >= 11 is 17.2. The Bertz CT molecular complexity index is 376. The third kappa shape index (κ3) is 3.45. The summed E-state index contributed by atoms with van der Waals surface area (Å²) in [6.07, 6.45) is -0.514. The first-order valence-corrected chi connectivity index (χ1v) is 8.15. The Labute approximate surface area is 136 Å². The van der Waals surface area contributed by atoms with Crippen molar-refractivity contribution in [2.75, 3.05) is 6.61 Å². The molecule has 0 aliphatic heterocycles. The lowest BCUT2D eigenvalue weighted by atomic mass is 10.3. The summed E-state index contributed by atoms with van der Waals surface area (Å²) in [4.78, 5) is 0. The molecule has 7 heteroatoms. The van der Waals surface area contributed by atoms with Crippen LogP contribution in [0.1, 0.15) is 6.92 Å². The molecule has 0 radical (unpaired) electrons. The van der Waals surface area contributed by atoms with Crippen LogP contribution in [0, 0.1) is 0 Å². The van der Waals surface area contributed by atoms with Gasteiger partial charge in [0.25, 0.3) is 0 Å². The zero-order valence-electron chi connectivity index (χ0n) is 8.03. The Morgan fingerprint density at radius 1 is 0.938 bits per heavy atom. The number of hydrogen-bond acceptors (Lipinski definition) is 2. The van der Waals surface area contributed by atoms with Gasteiger partial charge in [0.2, 0.25) is 0 Å². The maximum atomic E-state index is 9.20. The summed E-state index contributed by atoms with van der Waals surface area (Å²) < 4.78 is 9.68. The maximum Gasteiger partial charge on any atom is 0.150 e. The fourth-order valence-electron chi connectivity index (χ4n) is 0.915. The Hall–Kier alpha value is 1.38. The molecule has 1 aromatic rings. The minimum Gasteiger partial charge on any atom is -0.488 e. The molecule has 0 heterocycles. The van der Waals surface area contributed by atoms with E-state index in [0.29, 0.717) is 5.75 Å². The summed E-state index contributed by atoms with van der Waals surface area (Å²) in [5.41, 5.74) is 0. The van der Waals surface area contributed by atoms with Gasteiger partial charge < -0.3 is 9.84 Å². The van der Waals surface area contributed by atoms with Gasteiger partial charge in [-0.05, 0) is 86.6 Å². The van der Waals surface area contributed by atoms with Crippen LogP contribution in [-0.4, -0.2) is 17.8 Å². The van der Waals surface area contributed by atoms with E-state index in [2.05, 4.69) is 79.6 Å². The molecule has 0 spiro atoms. The minimum atomic E-state index is -0.514. The summed E-state index contributed by atoms with van der Waals surface area (Å²) in [5.74, 6) is 0.642. The molecule has 0 amide bonds. The molecule has 90 valence electrons. The van der Waals surface area contributed by atoms with Gasteiger partial charge in [0.05, 0.1) is 24.0 Å². The van der Waals surface area contributed by atoms with E-state index in [9.17, 15) is 5.11 Å². The Morgan fingerprint density at radius 2 is 1.31 bits per heavy atom. The molecule has 1 N–H and O–H groups in total. The first kappa shape index (κ1) is 15.4. The number of rotatable bonds is 3. The average molecular weight is 547 g/mol. The lowest BCUT2D eigenvalue weighted by Crippen LogP contribution is -2.13. The third-order valence-corrected chi connectivity index (χ3v) is 7.66. The number of benzene rings is 1. The number of aliphatic hydroxyl groups is 1. The molecule has 1 atom stereocenters. The van der Waals surface area contributed by atoms with E-state index >= 15 is 0 Å². The first-order valence-electron chi connectivity index (χ1n) is 4.18. The average Bonchev–Trinajstić information content (AvgIpc) is 2.23. The van der Waals surface area contributed by atoms with Gasteiger partial charge in [0, 0.05) is 4.47 Å². The quantitative estimate of drug-likeness (QED) is 0.414. The molecule has 0 aromatic heterocycles. The third-order valence-electron chi connectivity index (χ3n) is 1.64. The van der Waals surface area contributed by atoms with Gasteiger partial charge in [-0.3, -0.25) is 0 Å². The van der Waals surface area contributed by atoms with E-state index in [0.717, 1.165) is 22.4 Å². The molecule has 1 unspecified atom stereocenters. The van der Waals surface area contributed by atoms with Crippen LogP contribution in [-0.2, 0) is 0 Å². The lowest BCUT2D eigenvalue weighted by molar-refractivity contribution is 0.121. The highest BCUT2D eigenvalue weighted by Crippen LogP contribution is 2.48. The van der Waals surface area contributed by atoms with Crippen molar-refractivity contribution >= 4 is 79.6 Å². The molecule has 0 aliphatic carbocycles. The van der Waals surface area contributed by atoms with Crippen molar-refractivity contribution in [2.24, 2.45) is 0 Å². The smallest absolute Gasteiger partial charge is 0.150 e. The fraction of sp³-hybridized carbons (Fsp3) is 0.333. The highest BCUT2D eigenvalue weighted by molar-refractivity contribution is 9.15. The van der Waals surface area contributed by atoms with Crippen LogP contribution in [0.2, 0.25) is 0 Å². The van der Waals surface area contributed by atoms with Crippen LogP contribution in [0.3, 0.4) is 0 Å². The number of halogens is 5. The highest BCUT2D eigenvalue weighted by atomic mass is 79.9. The van der Waals surface area contributed by atoms with Crippen molar-refractivity contribution in [3.05, 3.63) is 22.4 Å². The van der Waals surface area contributed by atoms with Crippen LogP contribution in [0.4, 0.5) is 0 Å². The Balaban J connectivity index is 3.18. The second-order valence-corrected chi connectivity index (χ2v) is 7.02. The topological polar surface area (TPSA) is 29.5 Å². The highest BCUT2D eigenvalue weighted by Gasteiger charge is 2.19. The van der Waals surface area contributed by atoms with Gasteiger partial charge in [0.1, 0.15) is 12.4 Å². The second-order valence-electron chi connectivity index (χ2n) is 3.06. The van der Waals surface area contributed by atoms with Gasteiger partial charge in [0.15, 0.2) is 0 Å². The summed E-state index contributed by atoms with van der Waals surface area (Å²) in [7, 11) is 0. The number of aliphatic hydroxyl groups excluding tert-OH is 1. The van der Waals surface area contributed by atoms with E-state index < -0.39 is 6.10 Å². The fourth-order valence-corrected chi connectivity index (χ4v) is 4.15. The zero-order valence-corrected chi connectivity index (χ0v) is 16.0. The predicted molar refractivity (Wildman–Crippen MR) is 82.1 cm³/mol. The van der Waals surface area contributed by atoms with E-state index in [1.165, 1.54) is 0 Å². The predicted octanol–water partition coefficient (Wildman–Crippen LogP) is 5.26. The van der Waals surface area contributed by atoms with Crippen molar-refractivity contribution in [3.8, 4) is 5.75 Å². The molecule has 0 saturated heterocycles. The van der Waals surface area contributed by atoms with Gasteiger partial charge >= 0.3 is 0 Å². The van der Waals surface area contributed by atoms with Crippen LogP contribution >= 0.6 is 79.6 Å². The van der Waals surface area contributed by atoms with E-state index in [4.69, 9.17) is 4.74 Å². The van der Waals surface area contributed by atoms with Crippen molar-refractivity contribution in [1.82, 2.24) is 0 Å². The lowest BCUT2D eigenvalue weighted by Gasteiger charge is -2.15. The SMILES string of the molecule is CC(O)COc1c(Br)c(Br)c(Br)c(Br)c1Br. The van der Waals surface area contributed by atoms with Crippen molar-refractivity contribution in [2.45, 2.75) is 13.0 Å². The number of hydrogen-bond donors (Lipinski definition) is 1. The Morgan fingerprint density at radius 3 is 1.69 bits per heavy atom. The monoisotopic (exact) mass is 542 g/mol. The van der Waals surface area contributed by atoms with Crippen LogP contribution < -0.4 is 4.74 Å². The molecule has 0 bridgehead atoms. The second kappa shape index (κ2) is 6.52. The van der Waals surface area contributed by atoms with Crippen LogP contribution in [0.15, 0.2) is 22.4 Å². The maximum absolute atomic E-state index is 9.20. The van der Waals surface area contributed by atoms with E-state index in [1.807, 2.05) is 0 Å². The van der Waals surface area contributed by atoms with Gasteiger partial charge in [-0.2, -0.15) is 0 Å². The van der Waals surface area contributed by atoms with Gasteiger partial charge in [-0.25, -0.2) is 0 Å². The number of ether oxygens (including phenoxy) is 1. The molecule has 0 saturated carbocycles. The summed E-state index contributed by atoms with van der Waals surface area (Å²) in [6.45, 7) is 1.91. The molecule has 1 rings (SSSR count). The van der Waals surface area contributed by atoms with Crippen LogP contribution in [0.25, 0.3) is 0 Å². The minimum absolute atomic E-state index is 0.234. The Kier molecular flexibility index (Phi) is 6.29. The van der Waals surface area contributed by atoms with Crippen molar-refractivity contribution < 1.29 is 9.84 Å². The first-order chi connectivity index (χ1) is 7.36. The van der Waals surface area contributed by atoms with Gasteiger partial charge in [-0.15, -0.1) is 0 Å². The standard InChI is InChI=1S/C9H7Br5O2/c1-3(15)2-16-9-7(13)5(11)4(10)6(12)8(9)14/h3,15H,2H2,1H3. The molecule has 16 heavy (non-hydrogen) atoms. The largest absolute Gasteiger partial charge is 0.488 e. The van der Waals surface area contributed by atoms with Crippen molar-refractivity contribution in [1.29, 1.82) is 0 Å². The van der Waals surface area contributed by atoms with E-state index in [1.54, 1.807) is 6.92 Å². The van der Waals surface area contributed by atoms with Gasteiger partial charge in [-0.1, -0.05) is 0 Å². The van der Waals surface area contributed by atoms with Crippen LogP contribution in [0.5, 0.6) is 5.75 Å². The molecule has 2 nitrogen and oxygen atoms in total.